The standard InChI is InChI=1S/C11H10BrFO/c12-11-7-9(13)1-2-10(11)8-3-5-14-6-4-8/h1-3,7H,4-6H2. The first-order chi connectivity index (χ1) is 6.77. The number of halogens is 2. The molecule has 1 aliphatic heterocycles. The zero-order valence-corrected chi connectivity index (χ0v) is 9.18. The fourth-order valence-electron chi connectivity index (χ4n) is 1.52. The van der Waals surface area contributed by atoms with Gasteiger partial charge in [0.25, 0.3) is 0 Å². The van der Waals surface area contributed by atoms with Crippen LogP contribution in [0.3, 0.4) is 0 Å². The highest BCUT2D eigenvalue weighted by atomic mass is 79.9. The van der Waals surface area contributed by atoms with E-state index < -0.39 is 0 Å². The molecule has 0 bridgehead atoms. The van der Waals surface area contributed by atoms with Gasteiger partial charge in [-0.3, -0.25) is 0 Å². The van der Waals surface area contributed by atoms with Gasteiger partial charge in [-0.25, -0.2) is 4.39 Å². The molecule has 2 rings (SSSR count). The van der Waals surface area contributed by atoms with Crippen molar-refractivity contribution in [2.45, 2.75) is 6.42 Å². The van der Waals surface area contributed by atoms with E-state index >= 15 is 0 Å². The second kappa shape index (κ2) is 4.24. The van der Waals surface area contributed by atoms with Crippen molar-refractivity contribution in [2.24, 2.45) is 0 Å². The van der Waals surface area contributed by atoms with Crippen molar-refractivity contribution < 1.29 is 9.13 Å². The van der Waals surface area contributed by atoms with Gasteiger partial charge in [-0.15, -0.1) is 0 Å². The maximum Gasteiger partial charge on any atom is 0.124 e. The summed E-state index contributed by atoms with van der Waals surface area (Å²) >= 11 is 3.36. The van der Waals surface area contributed by atoms with Gasteiger partial charge < -0.3 is 4.74 Å². The van der Waals surface area contributed by atoms with Gasteiger partial charge in [0.2, 0.25) is 0 Å². The lowest BCUT2D eigenvalue weighted by Crippen LogP contribution is -2.04. The minimum Gasteiger partial charge on any atom is -0.377 e. The Labute approximate surface area is 90.7 Å². The van der Waals surface area contributed by atoms with E-state index in [0.29, 0.717) is 6.61 Å². The van der Waals surface area contributed by atoms with Crippen LogP contribution >= 0.6 is 15.9 Å². The summed E-state index contributed by atoms with van der Waals surface area (Å²) in [5, 5.41) is 0. The highest BCUT2D eigenvalue weighted by Crippen LogP contribution is 2.28. The molecule has 1 aromatic rings. The Morgan fingerprint density at radius 2 is 2.21 bits per heavy atom. The lowest BCUT2D eigenvalue weighted by molar-refractivity contribution is 0.161. The van der Waals surface area contributed by atoms with E-state index in [4.69, 9.17) is 4.74 Å². The van der Waals surface area contributed by atoms with Crippen LogP contribution in [0.15, 0.2) is 28.7 Å². The van der Waals surface area contributed by atoms with Crippen LogP contribution in [-0.4, -0.2) is 13.2 Å². The third kappa shape index (κ3) is 2.04. The maximum atomic E-state index is 12.8. The Balaban J connectivity index is 2.35. The lowest BCUT2D eigenvalue weighted by Gasteiger charge is -2.14. The monoisotopic (exact) mass is 256 g/mol. The second-order valence-electron chi connectivity index (χ2n) is 3.18. The summed E-state index contributed by atoms with van der Waals surface area (Å²) in [7, 11) is 0. The van der Waals surface area contributed by atoms with Crippen LogP contribution in [0.4, 0.5) is 4.39 Å². The summed E-state index contributed by atoms with van der Waals surface area (Å²) in [6, 6.07) is 4.78. The number of ether oxygens (including phenoxy) is 1. The van der Waals surface area contributed by atoms with Crippen molar-refractivity contribution in [3.8, 4) is 0 Å². The Hall–Kier alpha value is -0.670. The third-order valence-corrected chi connectivity index (χ3v) is 2.90. The fourth-order valence-corrected chi connectivity index (χ4v) is 2.13. The molecule has 74 valence electrons. The highest BCUT2D eigenvalue weighted by Gasteiger charge is 2.09. The van der Waals surface area contributed by atoms with Crippen LogP contribution in [0.1, 0.15) is 12.0 Å². The molecular formula is C11H10BrFO. The second-order valence-corrected chi connectivity index (χ2v) is 4.03. The van der Waals surface area contributed by atoms with Crippen molar-refractivity contribution in [1.29, 1.82) is 0 Å². The summed E-state index contributed by atoms with van der Waals surface area (Å²) in [5.41, 5.74) is 2.29. The minimum absolute atomic E-state index is 0.215. The average Bonchev–Trinajstić information content (AvgIpc) is 2.19. The van der Waals surface area contributed by atoms with E-state index in [9.17, 15) is 4.39 Å². The molecule has 0 saturated heterocycles. The smallest absolute Gasteiger partial charge is 0.124 e. The first-order valence-corrected chi connectivity index (χ1v) is 5.29. The van der Waals surface area contributed by atoms with Crippen LogP contribution < -0.4 is 0 Å². The first kappa shape index (κ1) is 9.87. The molecule has 1 aliphatic rings. The Morgan fingerprint density at radius 1 is 1.36 bits per heavy atom. The third-order valence-electron chi connectivity index (χ3n) is 2.24. The van der Waals surface area contributed by atoms with Crippen LogP contribution in [-0.2, 0) is 4.74 Å². The van der Waals surface area contributed by atoms with E-state index in [-0.39, 0.29) is 5.82 Å². The Kier molecular flexibility index (Phi) is 2.99. The van der Waals surface area contributed by atoms with Gasteiger partial charge in [0.15, 0.2) is 0 Å². The molecule has 0 aromatic heterocycles. The molecular weight excluding hydrogens is 247 g/mol. The predicted molar refractivity (Wildman–Crippen MR) is 57.5 cm³/mol. The fraction of sp³-hybridized carbons (Fsp3) is 0.273. The quantitative estimate of drug-likeness (QED) is 0.749. The van der Waals surface area contributed by atoms with Gasteiger partial charge in [0.05, 0.1) is 13.2 Å². The maximum absolute atomic E-state index is 12.8. The van der Waals surface area contributed by atoms with Crippen molar-refractivity contribution in [1.82, 2.24) is 0 Å². The van der Waals surface area contributed by atoms with E-state index in [1.54, 1.807) is 6.07 Å². The molecule has 0 spiro atoms. The molecule has 0 radical (unpaired) electrons. The number of rotatable bonds is 1. The SMILES string of the molecule is Fc1ccc(C2=CCOCC2)c(Br)c1. The number of hydrogen-bond donors (Lipinski definition) is 0. The summed E-state index contributed by atoms with van der Waals surface area (Å²) in [5.74, 6) is -0.215. The largest absolute Gasteiger partial charge is 0.377 e. The molecule has 1 heterocycles. The van der Waals surface area contributed by atoms with Gasteiger partial charge in [-0.05, 0) is 29.7 Å². The lowest BCUT2D eigenvalue weighted by atomic mass is 10.0. The molecule has 3 heteroatoms. The molecule has 0 fully saturated rings. The topological polar surface area (TPSA) is 9.23 Å². The van der Waals surface area contributed by atoms with Gasteiger partial charge in [0.1, 0.15) is 5.82 Å². The van der Waals surface area contributed by atoms with Gasteiger partial charge >= 0.3 is 0 Å². The van der Waals surface area contributed by atoms with Crippen molar-refractivity contribution in [3.05, 3.63) is 40.1 Å². The zero-order chi connectivity index (χ0) is 9.97. The van der Waals surface area contributed by atoms with Crippen molar-refractivity contribution >= 4 is 21.5 Å². The highest BCUT2D eigenvalue weighted by molar-refractivity contribution is 9.10. The van der Waals surface area contributed by atoms with E-state index in [0.717, 1.165) is 23.1 Å². The summed E-state index contributed by atoms with van der Waals surface area (Å²) < 4.78 is 18.9. The Bertz CT molecular complexity index is 374. The van der Waals surface area contributed by atoms with Crippen molar-refractivity contribution in [3.63, 3.8) is 0 Å². The molecule has 14 heavy (non-hydrogen) atoms. The average molecular weight is 257 g/mol. The molecule has 1 nitrogen and oxygen atoms in total. The zero-order valence-electron chi connectivity index (χ0n) is 7.59. The summed E-state index contributed by atoms with van der Waals surface area (Å²) in [6.45, 7) is 1.40. The first-order valence-electron chi connectivity index (χ1n) is 4.49. The van der Waals surface area contributed by atoms with Crippen LogP contribution in [0, 0.1) is 5.82 Å². The van der Waals surface area contributed by atoms with Gasteiger partial charge in [-0.2, -0.15) is 0 Å². The molecule has 0 unspecified atom stereocenters. The molecule has 1 aromatic carbocycles. The number of benzene rings is 1. The van der Waals surface area contributed by atoms with Crippen molar-refractivity contribution in [2.75, 3.05) is 13.2 Å². The molecule has 0 N–H and O–H groups in total. The molecule has 0 aliphatic carbocycles. The summed E-state index contributed by atoms with van der Waals surface area (Å²) in [4.78, 5) is 0. The van der Waals surface area contributed by atoms with Gasteiger partial charge in [0, 0.05) is 4.47 Å². The molecule has 0 amide bonds. The predicted octanol–water partition coefficient (Wildman–Crippen LogP) is 3.39. The van der Waals surface area contributed by atoms with Crippen LogP contribution in [0.2, 0.25) is 0 Å². The van der Waals surface area contributed by atoms with Crippen LogP contribution in [0.5, 0.6) is 0 Å². The molecule has 0 atom stereocenters. The van der Waals surface area contributed by atoms with Gasteiger partial charge in [-0.1, -0.05) is 28.1 Å². The van der Waals surface area contributed by atoms with E-state index in [2.05, 4.69) is 15.9 Å². The number of hydrogen-bond acceptors (Lipinski definition) is 1. The normalized spacial score (nSPS) is 16.6. The van der Waals surface area contributed by atoms with E-state index in [1.165, 1.54) is 17.7 Å². The molecule has 0 saturated carbocycles. The van der Waals surface area contributed by atoms with E-state index in [1.807, 2.05) is 6.08 Å². The Morgan fingerprint density at radius 3 is 2.86 bits per heavy atom. The minimum atomic E-state index is -0.215. The summed E-state index contributed by atoms with van der Waals surface area (Å²) in [6.07, 6.45) is 2.94. The van der Waals surface area contributed by atoms with Crippen LogP contribution in [0.25, 0.3) is 5.57 Å².